The standard InChI is InChI=1S/C15H13N5S/c1-8-4-5-10(9(2)6-8)12-13-14(18-11(7-16)17-13)20-15(19-12)21-3/h4-6H,1-3H3,(H,17,18,19,20)/p+1. The maximum Gasteiger partial charge on any atom is 0.296 e. The highest BCUT2D eigenvalue weighted by Gasteiger charge is 2.21. The van der Waals surface area contributed by atoms with Gasteiger partial charge in [0.2, 0.25) is 0 Å². The molecule has 21 heavy (non-hydrogen) atoms. The first kappa shape index (κ1) is 13.6. The zero-order chi connectivity index (χ0) is 15.0. The lowest BCUT2D eigenvalue weighted by Gasteiger charge is -2.04. The highest BCUT2D eigenvalue weighted by molar-refractivity contribution is 7.98. The van der Waals surface area contributed by atoms with Crippen molar-refractivity contribution in [1.29, 1.82) is 5.26 Å². The van der Waals surface area contributed by atoms with Crippen molar-refractivity contribution in [3.63, 3.8) is 0 Å². The fourth-order valence-corrected chi connectivity index (χ4v) is 2.73. The van der Waals surface area contributed by atoms with Crippen LogP contribution in [0, 0.1) is 25.2 Å². The lowest BCUT2D eigenvalue weighted by molar-refractivity contribution is -0.404. The summed E-state index contributed by atoms with van der Waals surface area (Å²) in [5.74, 6) is 0.285. The normalized spacial score (nSPS) is 10.8. The number of benzene rings is 1. The molecule has 0 atom stereocenters. The molecule has 0 bridgehead atoms. The van der Waals surface area contributed by atoms with Crippen molar-refractivity contribution in [2.24, 2.45) is 0 Å². The summed E-state index contributed by atoms with van der Waals surface area (Å²) in [5, 5.41) is 9.81. The maximum absolute atomic E-state index is 9.03. The summed E-state index contributed by atoms with van der Waals surface area (Å²) in [7, 11) is 0. The second-order valence-electron chi connectivity index (χ2n) is 4.83. The van der Waals surface area contributed by atoms with Crippen LogP contribution in [-0.2, 0) is 0 Å². The van der Waals surface area contributed by atoms with Crippen molar-refractivity contribution in [2.75, 3.05) is 6.26 Å². The minimum atomic E-state index is 0.285. The molecule has 104 valence electrons. The van der Waals surface area contributed by atoms with Crippen molar-refractivity contribution < 1.29 is 4.98 Å². The van der Waals surface area contributed by atoms with Crippen LogP contribution in [-0.4, -0.2) is 21.2 Å². The van der Waals surface area contributed by atoms with Gasteiger partial charge in [-0.25, -0.2) is 4.98 Å². The van der Waals surface area contributed by atoms with Crippen LogP contribution in [0.4, 0.5) is 0 Å². The van der Waals surface area contributed by atoms with Gasteiger partial charge in [-0.1, -0.05) is 45.5 Å². The van der Waals surface area contributed by atoms with Gasteiger partial charge in [0.05, 0.1) is 0 Å². The van der Waals surface area contributed by atoms with Crippen LogP contribution in [0.5, 0.6) is 0 Å². The Bertz CT molecular complexity index is 876. The quantitative estimate of drug-likeness (QED) is 0.582. The number of thioether (sulfide) groups is 1. The molecule has 2 N–H and O–H groups in total. The molecule has 0 aliphatic carbocycles. The van der Waals surface area contributed by atoms with Crippen LogP contribution >= 0.6 is 11.8 Å². The molecular weight excluding hydrogens is 282 g/mol. The lowest BCUT2D eigenvalue weighted by Crippen LogP contribution is -2.11. The molecule has 0 amide bonds. The number of H-pyrrole nitrogens is 2. The van der Waals surface area contributed by atoms with Gasteiger partial charge in [0.15, 0.2) is 17.3 Å². The molecule has 1 aromatic carbocycles. The average Bonchev–Trinajstić information content (AvgIpc) is 2.89. The maximum atomic E-state index is 9.03. The predicted octanol–water partition coefficient (Wildman–Crippen LogP) is 2.65. The largest absolute Gasteiger partial charge is 0.309 e. The molecule has 3 rings (SSSR count). The van der Waals surface area contributed by atoms with Crippen LogP contribution < -0.4 is 4.98 Å². The highest BCUT2D eigenvalue weighted by atomic mass is 32.2. The van der Waals surface area contributed by atoms with E-state index < -0.39 is 0 Å². The fraction of sp³-hybridized carbons (Fsp3) is 0.200. The van der Waals surface area contributed by atoms with E-state index in [1.165, 1.54) is 17.3 Å². The summed E-state index contributed by atoms with van der Waals surface area (Å²) in [6.45, 7) is 4.13. The zero-order valence-electron chi connectivity index (χ0n) is 12.0. The molecule has 5 nitrogen and oxygen atoms in total. The molecule has 2 heterocycles. The van der Waals surface area contributed by atoms with E-state index in [2.05, 4.69) is 52.0 Å². The molecule has 6 heteroatoms. The summed E-state index contributed by atoms with van der Waals surface area (Å²) in [5.41, 5.74) is 5.64. The second kappa shape index (κ2) is 5.19. The summed E-state index contributed by atoms with van der Waals surface area (Å²) in [6.07, 6.45) is 1.95. The highest BCUT2D eigenvalue weighted by Crippen LogP contribution is 2.28. The first-order chi connectivity index (χ1) is 10.1. The molecule has 0 saturated carbocycles. The molecule has 0 aliphatic rings. The van der Waals surface area contributed by atoms with Gasteiger partial charge in [-0.05, 0) is 25.7 Å². The Hall–Kier alpha value is -2.39. The van der Waals surface area contributed by atoms with Gasteiger partial charge in [-0.3, -0.25) is 0 Å². The number of hydrogen-bond acceptors (Lipinski definition) is 4. The van der Waals surface area contributed by atoms with Crippen molar-refractivity contribution in [1.82, 2.24) is 15.0 Å². The monoisotopic (exact) mass is 296 g/mol. The Morgan fingerprint density at radius 2 is 2.10 bits per heavy atom. The third-order valence-electron chi connectivity index (χ3n) is 3.32. The van der Waals surface area contributed by atoms with Crippen LogP contribution in [0.3, 0.4) is 0 Å². The van der Waals surface area contributed by atoms with Gasteiger partial charge in [-0.15, -0.1) is 0 Å². The molecule has 0 saturated heterocycles. The van der Waals surface area contributed by atoms with Gasteiger partial charge in [0.1, 0.15) is 0 Å². The number of imidazole rings is 1. The number of nitrogens with zero attached hydrogens (tertiary/aromatic N) is 3. The van der Waals surface area contributed by atoms with Crippen molar-refractivity contribution >= 4 is 22.9 Å². The molecule has 3 aromatic rings. The third-order valence-corrected chi connectivity index (χ3v) is 3.90. The Balaban J connectivity index is 2.34. The summed E-state index contributed by atoms with van der Waals surface area (Å²) >= 11 is 1.51. The zero-order valence-corrected chi connectivity index (χ0v) is 12.8. The average molecular weight is 296 g/mol. The van der Waals surface area contributed by atoms with Gasteiger partial charge in [-0.2, -0.15) is 5.26 Å². The molecule has 0 fully saturated rings. The van der Waals surface area contributed by atoms with E-state index in [0.29, 0.717) is 5.65 Å². The minimum Gasteiger partial charge on any atom is -0.309 e. The number of nitriles is 1. The van der Waals surface area contributed by atoms with E-state index in [4.69, 9.17) is 5.26 Å². The van der Waals surface area contributed by atoms with Crippen LogP contribution in [0.1, 0.15) is 17.0 Å². The van der Waals surface area contributed by atoms with Crippen molar-refractivity contribution in [3.8, 4) is 17.3 Å². The Morgan fingerprint density at radius 1 is 1.29 bits per heavy atom. The predicted molar refractivity (Wildman–Crippen MR) is 81.9 cm³/mol. The molecule has 0 spiro atoms. The number of rotatable bonds is 2. The smallest absolute Gasteiger partial charge is 0.296 e. The van der Waals surface area contributed by atoms with Crippen molar-refractivity contribution in [3.05, 3.63) is 35.2 Å². The second-order valence-corrected chi connectivity index (χ2v) is 5.63. The van der Waals surface area contributed by atoms with Crippen LogP contribution in [0.2, 0.25) is 0 Å². The van der Waals surface area contributed by atoms with E-state index >= 15 is 0 Å². The Labute approximate surface area is 126 Å². The van der Waals surface area contributed by atoms with E-state index in [1.807, 2.05) is 12.3 Å². The summed E-state index contributed by atoms with van der Waals surface area (Å²) in [4.78, 5) is 15.1. The van der Waals surface area contributed by atoms with E-state index in [0.717, 1.165) is 27.5 Å². The summed E-state index contributed by atoms with van der Waals surface area (Å²) < 4.78 is 0. The Morgan fingerprint density at radius 3 is 2.76 bits per heavy atom. The van der Waals surface area contributed by atoms with Crippen LogP contribution in [0.25, 0.3) is 22.4 Å². The molecule has 0 aliphatic heterocycles. The van der Waals surface area contributed by atoms with Gasteiger partial charge in [0.25, 0.3) is 16.6 Å². The number of aromatic amines is 2. The number of aromatic nitrogens is 4. The number of fused-ring (bicyclic) bond motifs is 1. The number of nitrogens with one attached hydrogen (secondary N) is 2. The molecule has 2 aromatic heterocycles. The minimum absolute atomic E-state index is 0.285. The van der Waals surface area contributed by atoms with E-state index in [1.54, 1.807) is 0 Å². The van der Waals surface area contributed by atoms with Crippen LogP contribution in [0.15, 0.2) is 23.4 Å². The van der Waals surface area contributed by atoms with Gasteiger partial charge >= 0.3 is 0 Å². The lowest BCUT2D eigenvalue weighted by atomic mass is 10.0. The first-order valence-corrected chi connectivity index (χ1v) is 7.69. The topological polar surface area (TPSA) is 79.5 Å². The Kier molecular flexibility index (Phi) is 3.35. The van der Waals surface area contributed by atoms with E-state index in [9.17, 15) is 0 Å². The van der Waals surface area contributed by atoms with E-state index in [-0.39, 0.29) is 5.82 Å². The van der Waals surface area contributed by atoms with Crippen molar-refractivity contribution in [2.45, 2.75) is 19.0 Å². The van der Waals surface area contributed by atoms with Gasteiger partial charge < -0.3 is 4.98 Å². The number of hydrogen-bond donors (Lipinski definition) is 1. The van der Waals surface area contributed by atoms with Gasteiger partial charge in [0, 0.05) is 5.56 Å². The molecular formula is C15H14N5S+. The molecule has 0 unspecified atom stereocenters. The fourth-order valence-electron chi connectivity index (χ4n) is 2.35. The third kappa shape index (κ3) is 2.36. The molecule has 0 radical (unpaired) electrons. The summed E-state index contributed by atoms with van der Waals surface area (Å²) in [6, 6.07) is 8.28. The SMILES string of the molecule is CSc1nc(-c2ccc(C)cc2C)c2[nH]c(C#N)nc2[nH+]1. The number of aryl methyl sites for hydroxylation is 2. The first-order valence-electron chi connectivity index (χ1n) is 6.47.